The average Bonchev–Trinajstić information content (AvgIpc) is 3.47. The van der Waals surface area contributed by atoms with E-state index in [1.807, 2.05) is 30.6 Å². The summed E-state index contributed by atoms with van der Waals surface area (Å²) in [4.78, 5) is 4.56. The van der Waals surface area contributed by atoms with Gasteiger partial charge in [-0.25, -0.2) is 4.98 Å². The highest BCUT2D eigenvalue weighted by atomic mass is 32.1. The topological polar surface area (TPSA) is 55.9 Å². The summed E-state index contributed by atoms with van der Waals surface area (Å²) in [5.41, 5.74) is 11.5. The molecule has 0 aliphatic rings. The number of rotatable bonds is 6. The van der Waals surface area contributed by atoms with Gasteiger partial charge in [0, 0.05) is 35.6 Å². The van der Waals surface area contributed by atoms with Crippen LogP contribution in [0.1, 0.15) is 11.4 Å². The predicted molar refractivity (Wildman–Crippen MR) is 127 cm³/mol. The summed E-state index contributed by atoms with van der Waals surface area (Å²) in [5.74, 6) is 1.07. The molecule has 0 fully saturated rings. The molecule has 0 spiro atoms. The van der Waals surface area contributed by atoms with Crippen molar-refractivity contribution in [1.82, 2.24) is 9.55 Å². The van der Waals surface area contributed by atoms with Crippen molar-refractivity contribution in [3.05, 3.63) is 101 Å². The standard InChI is InChI=1S/C25H22N4S/c26-25-22-4-2-1-3-19(22)6-11-23(25)28-20-7-9-21(10-8-20)29-15-14-27-24(29)12-5-18-13-16-30-17-18/h1-4,6-11,13-17,28H,5,12,26H2. The van der Waals surface area contributed by atoms with Crippen LogP contribution in [0.4, 0.5) is 17.1 Å². The average molecular weight is 411 g/mol. The number of aryl methyl sites for hydroxylation is 2. The molecule has 0 atom stereocenters. The van der Waals surface area contributed by atoms with E-state index in [-0.39, 0.29) is 0 Å². The van der Waals surface area contributed by atoms with Crippen LogP contribution in [0.3, 0.4) is 0 Å². The first-order valence-corrected chi connectivity index (χ1v) is 10.9. The van der Waals surface area contributed by atoms with E-state index in [2.05, 4.69) is 74.2 Å². The largest absolute Gasteiger partial charge is 0.397 e. The van der Waals surface area contributed by atoms with Gasteiger partial charge >= 0.3 is 0 Å². The molecule has 0 aliphatic carbocycles. The maximum Gasteiger partial charge on any atom is 0.113 e. The van der Waals surface area contributed by atoms with Gasteiger partial charge in [0.15, 0.2) is 0 Å². The Morgan fingerprint density at radius 2 is 1.80 bits per heavy atom. The molecule has 0 saturated carbocycles. The molecule has 30 heavy (non-hydrogen) atoms. The fraction of sp³-hybridized carbons (Fsp3) is 0.0800. The van der Waals surface area contributed by atoms with Gasteiger partial charge in [-0.1, -0.05) is 30.3 Å². The lowest BCUT2D eigenvalue weighted by Crippen LogP contribution is -2.02. The van der Waals surface area contributed by atoms with Crippen LogP contribution < -0.4 is 11.1 Å². The zero-order valence-corrected chi connectivity index (χ0v) is 17.3. The minimum atomic E-state index is 0.766. The third-order valence-corrected chi connectivity index (χ3v) is 6.06. The van der Waals surface area contributed by atoms with Crippen LogP contribution in [0.15, 0.2) is 89.9 Å². The molecule has 5 heteroatoms. The Balaban J connectivity index is 1.34. The fourth-order valence-corrected chi connectivity index (χ4v) is 4.41. The molecule has 3 aromatic carbocycles. The van der Waals surface area contributed by atoms with Gasteiger partial charge in [0.05, 0.1) is 11.4 Å². The lowest BCUT2D eigenvalue weighted by atomic mass is 10.1. The Labute approximate surface area is 179 Å². The number of nitrogens with zero attached hydrogens (tertiary/aromatic N) is 2. The Hall–Kier alpha value is -3.57. The van der Waals surface area contributed by atoms with Crippen molar-refractivity contribution < 1.29 is 0 Å². The Morgan fingerprint density at radius 1 is 0.933 bits per heavy atom. The molecule has 2 aromatic heterocycles. The van der Waals surface area contributed by atoms with E-state index in [9.17, 15) is 0 Å². The molecular formula is C25H22N4S. The molecule has 0 aliphatic heterocycles. The number of hydrogen-bond acceptors (Lipinski definition) is 4. The highest BCUT2D eigenvalue weighted by molar-refractivity contribution is 7.07. The molecule has 148 valence electrons. The first-order valence-electron chi connectivity index (χ1n) is 9.96. The second-order valence-corrected chi connectivity index (χ2v) is 8.04. The molecular weight excluding hydrogens is 388 g/mol. The van der Waals surface area contributed by atoms with Crippen LogP contribution in [0.2, 0.25) is 0 Å². The first-order chi connectivity index (χ1) is 14.8. The second kappa shape index (κ2) is 8.05. The van der Waals surface area contributed by atoms with Gasteiger partial charge < -0.3 is 15.6 Å². The summed E-state index contributed by atoms with van der Waals surface area (Å²) in [6.07, 6.45) is 5.80. The summed E-state index contributed by atoms with van der Waals surface area (Å²) in [5, 5.41) is 9.98. The second-order valence-electron chi connectivity index (χ2n) is 7.26. The number of nitrogen functional groups attached to an aromatic ring is 1. The molecule has 3 N–H and O–H groups in total. The molecule has 0 bridgehead atoms. The van der Waals surface area contributed by atoms with E-state index < -0.39 is 0 Å². The zero-order chi connectivity index (χ0) is 20.3. The van der Waals surface area contributed by atoms with Crippen molar-refractivity contribution in [3.63, 3.8) is 0 Å². The van der Waals surface area contributed by atoms with Gasteiger partial charge in [-0.2, -0.15) is 11.3 Å². The molecule has 5 rings (SSSR count). The SMILES string of the molecule is Nc1c(Nc2ccc(-n3ccnc3CCc3ccsc3)cc2)ccc2ccccc12. The molecule has 4 nitrogen and oxygen atoms in total. The van der Waals surface area contributed by atoms with E-state index in [4.69, 9.17) is 5.73 Å². The number of benzene rings is 3. The molecule has 5 aromatic rings. The highest BCUT2D eigenvalue weighted by Gasteiger charge is 2.08. The zero-order valence-electron chi connectivity index (χ0n) is 16.5. The number of hydrogen-bond donors (Lipinski definition) is 2. The van der Waals surface area contributed by atoms with Crippen LogP contribution in [-0.2, 0) is 12.8 Å². The van der Waals surface area contributed by atoms with Crippen molar-refractivity contribution >= 4 is 39.2 Å². The minimum Gasteiger partial charge on any atom is -0.397 e. The van der Waals surface area contributed by atoms with Gasteiger partial charge in [0.1, 0.15) is 5.82 Å². The van der Waals surface area contributed by atoms with Crippen molar-refractivity contribution in [3.8, 4) is 5.69 Å². The maximum absolute atomic E-state index is 6.39. The number of anilines is 3. The molecule has 0 saturated heterocycles. The quantitative estimate of drug-likeness (QED) is 0.328. The fourth-order valence-electron chi connectivity index (χ4n) is 3.71. The summed E-state index contributed by atoms with van der Waals surface area (Å²) >= 11 is 1.74. The predicted octanol–water partition coefficient (Wildman–Crippen LogP) is 6.20. The van der Waals surface area contributed by atoms with E-state index in [1.54, 1.807) is 11.3 Å². The summed E-state index contributed by atoms with van der Waals surface area (Å²) in [7, 11) is 0. The van der Waals surface area contributed by atoms with Crippen LogP contribution >= 0.6 is 11.3 Å². The van der Waals surface area contributed by atoms with E-state index in [0.717, 1.165) is 52.2 Å². The monoisotopic (exact) mass is 410 g/mol. The van der Waals surface area contributed by atoms with Gasteiger partial charge in [0.2, 0.25) is 0 Å². The third-order valence-electron chi connectivity index (χ3n) is 5.33. The lowest BCUT2D eigenvalue weighted by Gasteiger charge is -2.13. The lowest BCUT2D eigenvalue weighted by molar-refractivity contribution is 0.830. The van der Waals surface area contributed by atoms with Crippen molar-refractivity contribution in [2.24, 2.45) is 0 Å². The van der Waals surface area contributed by atoms with Gasteiger partial charge in [0.25, 0.3) is 0 Å². The number of nitrogens with one attached hydrogen (secondary N) is 1. The number of imidazole rings is 1. The maximum atomic E-state index is 6.39. The first kappa shape index (κ1) is 18.5. The van der Waals surface area contributed by atoms with E-state index >= 15 is 0 Å². The molecule has 0 unspecified atom stereocenters. The van der Waals surface area contributed by atoms with Crippen LogP contribution in [-0.4, -0.2) is 9.55 Å². The van der Waals surface area contributed by atoms with Gasteiger partial charge in [-0.3, -0.25) is 0 Å². The summed E-state index contributed by atoms with van der Waals surface area (Å²) in [6.45, 7) is 0. The number of thiophene rings is 1. The van der Waals surface area contributed by atoms with Crippen LogP contribution in [0.5, 0.6) is 0 Å². The molecule has 2 heterocycles. The van der Waals surface area contributed by atoms with Gasteiger partial charge in [-0.05, 0) is 64.5 Å². The smallest absolute Gasteiger partial charge is 0.113 e. The summed E-state index contributed by atoms with van der Waals surface area (Å²) in [6, 6.07) is 22.8. The normalized spacial score (nSPS) is 11.1. The van der Waals surface area contributed by atoms with Crippen molar-refractivity contribution in [1.29, 1.82) is 0 Å². The number of aromatic nitrogens is 2. The van der Waals surface area contributed by atoms with Gasteiger partial charge in [-0.15, -0.1) is 0 Å². The third kappa shape index (κ3) is 3.67. The Morgan fingerprint density at radius 3 is 2.63 bits per heavy atom. The van der Waals surface area contributed by atoms with E-state index in [0.29, 0.717) is 0 Å². The Kier molecular flexibility index (Phi) is 4.95. The minimum absolute atomic E-state index is 0.766. The van der Waals surface area contributed by atoms with Crippen molar-refractivity contribution in [2.45, 2.75) is 12.8 Å². The van der Waals surface area contributed by atoms with E-state index in [1.165, 1.54) is 5.56 Å². The molecule has 0 radical (unpaired) electrons. The van der Waals surface area contributed by atoms with Crippen LogP contribution in [0.25, 0.3) is 16.5 Å². The van der Waals surface area contributed by atoms with Crippen molar-refractivity contribution in [2.75, 3.05) is 11.1 Å². The summed E-state index contributed by atoms with van der Waals surface area (Å²) < 4.78 is 2.15. The Bertz CT molecular complexity index is 1270. The number of nitrogens with two attached hydrogens (primary N) is 1. The highest BCUT2D eigenvalue weighted by Crippen LogP contribution is 2.31. The van der Waals surface area contributed by atoms with Crippen LogP contribution in [0, 0.1) is 0 Å². The molecule has 0 amide bonds. The number of fused-ring (bicyclic) bond motifs is 1.